The van der Waals surface area contributed by atoms with Gasteiger partial charge < -0.3 is 69.5 Å². The van der Waals surface area contributed by atoms with Gasteiger partial charge in [-0.15, -0.1) is 0 Å². The van der Waals surface area contributed by atoms with Crippen LogP contribution in [0.25, 0.3) is 0 Å². The topological polar surface area (TPSA) is 289 Å². The zero-order valence-electron chi connectivity index (χ0n) is 66.0. The lowest BCUT2D eigenvalue weighted by Crippen LogP contribution is -2.71. The van der Waals surface area contributed by atoms with Crippen LogP contribution in [-0.4, -0.2) is 295 Å². The quantitative estimate of drug-likeness (QED) is 0.139. The highest BCUT2D eigenvalue weighted by Gasteiger charge is 2.60. The van der Waals surface area contributed by atoms with Gasteiger partial charge >= 0.3 is 6.18 Å². The van der Waals surface area contributed by atoms with Crippen molar-refractivity contribution in [3.05, 3.63) is 12.2 Å². The lowest BCUT2D eigenvalue weighted by Gasteiger charge is -2.54. The van der Waals surface area contributed by atoms with E-state index in [0.717, 1.165) is 46.8 Å². The van der Waals surface area contributed by atoms with Gasteiger partial charge in [0.1, 0.15) is 78.7 Å². The van der Waals surface area contributed by atoms with Crippen molar-refractivity contribution in [2.45, 2.75) is 280 Å². The summed E-state index contributed by atoms with van der Waals surface area (Å²) in [6.07, 6.45) is -2.47. The monoisotopic (exact) mass is 1530 g/mol. The fourth-order valence-electron chi connectivity index (χ4n) is 18.0. The molecule has 2 unspecified atom stereocenters. The Balaban J connectivity index is 1.22. The van der Waals surface area contributed by atoms with E-state index in [1.54, 1.807) is 26.8 Å². The van der Waals surface area contributed by atoms with Crippen molar-refractivity contribution < 1.29 is 89.0 Å². The molecule has 12 atom stereocenters. The Kier molecular flexibility index (Phi) is 29.5. The van der Waals surface area contributed by atoms with E-state index in [4.69, 9.17) is 9.47 Å². The molecule has 5 aliphatic carbocycles. The lowest BCUT2D eigenvalue weighted by molar-refractivity contribution is -0.219. The van der Waals surface area contributed by atoms with E-state index in [-0.39, 0.29) is 64.1 Å². The number of halogens is 5. The zero-order valence-corrected chi connectivity index (χ0v) is 66.0. The van der Waals surface area contributed by atoms with E-state index < -0.39 is 229 Å². The van der Waals surface area contributed by atoms with Gasteiger partial charge in [0.2, 0.25) is 70.9 Å². The van der Waals surface area contributed by atoms with Crippen molar-refractivity contribution in [3.63, 3.8) is 0 Å². The van der Waals surface area contributed by atoms with Crippen molar-refractivity contribution in [3.8, 4) is 0 Å². The van der Waals surface area contributed by atoms with Gasteiger partial charge in [-0.3, -0.25) is 57.5 Å². The average molecular weight is 1530 g/mol. The number of carbonyl (C=O) groups is 12. The molecule has 3 N–H and O–H groups in total. The minimum absolute atomic E-state index is 0.0173. The molecule has 8 rings (SSSR count). The molecule has 26 nitrogen and oxygen atoms in total. The first kappa shape index (κ1) is 86.5. The molecule has 0 radical (unpaired) electrons. The Morgan fingerprint density at radius 3 is 1.87 bits per heavy atom. The maximum absolute atomic E-state index is 15.8. The number of ether oxygens (including phenoxy) is 2. The van der Waals surface area contributed by atoms with E-state index in [1.807, 2.05) is 26.8 Å². The fourth-order valence-corrected chi connectivity index (χ4v) is 18.0. The third kappa shape index (κ3) is 20.7. The van der Waals surface area contributed by atoms with E-state index in [9.17, 15) is 37.1 Å². The van der Waals surface area contributed by atoms with Crippen LogP contribution in [0.5, 0.6) is 0 Å². The molecule has 2 saturated heterocycles. The van der Waals surface area contributed by atoms with Gasteiger partial charge in [0.05, 0.1) is 31.8 Å². The standard InChI is InChI=1S/C77H121F5N12O14/c1-15-46(4)64-72(104)93(50-30-31-50)41-62(97)88(10)55-28-20-17-23-33-92(71(55)103)58(36-47-24-18-16-19-25-47)70(102)87(9)40-60(95)83-54(32-29-48-34-52(78)63(53(79)35-48)77(80,81)82)68(100)94-39-51(108-45(2)3)37-56(94)67(99)85-76(43-75(5,6)44-76)74(106)91(13)65(49-26-21-22-27-49)73(105)90(12)57(69(101)86(7)8)38-61(96)89(11)59(42-107-14)66(98)84-64/h17,20,45-59,63-65H,15-16,18-19,21-44H2,1-14H3,(H,83,95)(H,84,98)(H,85,99)/b20-17-/t46-,48?,51+,52?,53?,54-,55-,56-,57-,58-,59-,63?,64-,65-/m0/s1. The Hall–Kier alpha value is -7.05. The summed E-state index contributed by atoms with van der Waals surface area (Å²) in [5, 5.41) is 8.65. The smallest absolute Gasteiger partial charge is 0.382 e. The molecule has 3 aliphatic heterocycles. The number of carbonyl (C=O) groups excluding carboxylic acids is 12. The highest BCUT2D eigenvalue weighted by atomic mass is 19.4. The second-order valence-corrected chi connectivity index (χ2v) is 33.6. The number of alkyl halides is 5. The van der Waals surface area contributed by atoms with Crippen molar-refractivity contribution in [1.29, 1.82) is 0 Å². The van der Waals surface area contributed by atoms with E-state index in [0.29, 0.717) is 51.4 Å². The molecule has 8 aliphatic rings. The SMILES string of the molecule is CC[C@H](C)[C@@H]1NC(=O)[C@H](COC)N(C)C(=O)C[C@@H](C(=O)N(C)C)N(C)C(=O)[C@H](C2CCCC2)N(C)C(=O)C2(CC(C)(C)C2)NC(=O)[C@@H]2C[C@@H](OC(C)C)CN2C(=O)[C@H](CCC2CC(F)C(C(F)(F)F)C(F)C2)NC(=O)CN(C)C(=O)[C@H](CC2CCCCC2)N2CC/C=C\C[C@@H](C2=O)N(C)C(=O)CN(C2CC2)C1=O. The lowest BCUT2D eigenvalue weighted by atomic mass is 9.58. The second kappa shape index (κ2) is 36.9. The van der Waals surface area contributed by atoms with E-state index in [2.05, 4.69) is 16.0 Å². The summed E-state index contributed by atoms with van der Waals surface area (Å²) in [6.45, 7) is 9.00. The first-order valence-corrected chi connectivity index (χ1v) is 39.2. The van der Waals surface area contributed by atoms with Crippen LogP contribution in [0.1, 0.15) is 189 Å². The summed E-state index contributed by atoms with van der Waals surface area (Å²) in [5.41, 5.74) is -2.31. The molecule has 31 heteroatoms. The Labute approximate surface area is 633 Å². The normalized spacial score (nSPS) is 31.8. The molecule has 108 heavy (non-hydrogen) atoms. The fraction of sp³-hybridized carbons (Fsp3) is 0.818. The first-order valence-electron chi connectivity index (χ1n) is 39.2. The summed E-state index contributed by atoms with van der Waals surface area (Å²) in [5.74, 6) is -13.6. The number of rotatable bonds is 14. The third-order valence-electron chi connectivity index (χ3n) is 24.2. The molecular formula is C77H121F5N12O14. The molecule has 1 spiro atoms. The molecule has 3 heterocycles. The van der Waals surface area contributed by atoms with Crippen LogP contribution in [-0.2, 0) is 67.0 Å². The van der Waals surface area contributed by atoms with Gasteiger partial charge in [-0.2, -0.15) is 13.2 Å². The van der Waals surface area contributed by atoms with Gasteiger partial charge in [0.15, 0.2) is 0 Å². The van der Waals surface area contributed by atoms with Gasteiger partial charge in [0.25, 0.3) is 0 Å². The van der Waals surface area contributed by atoms with Crippen molar-refractivity contribution in [2.75, 3.05) is 89.2 Å². The number of amides is 12. The van der Waals surface area contributed by atoms with Crippen LogP contribution in [0.4, 0.5) is 22.0 Å². The van der Waals surface area contributed by atoms with Gasteiger partial charge in [-0.05, 0) is 126 Å². The molecule has 12 amide bonds. The van der Waals surface area contributed by atoms with Gasteiger partial charge in [-0.1, -0.05) is 91.2 Å². The van der Waals surface area contributed by atoms with Gasteiger partial charge in [0, 0.05) is 82.0 Å². The van der Waals surface area contributed by atoms with Crippen molar-refractivity contribution in [1.82, 2.24) is 60.0 Å². The van der Waals surface area contributed by atoms with Gasteiger partial charge in [-0.25, -0.2) is 8.78 Å². The summed E-state index contributed by atoms with van der Waals surface area (Å²) in [6, 6.07) is -11.4. The van der Waals surface area contributed by atoms with Crippen LogP contribution in [0.3, 0.4) is 0 Å². The summed E-state index contributed by atoms with van der Waals surface area (Å²) < 4.78 is 85.0. The maximum Gasteiger partial charge on any atom is 0.397 e. The van der Waals surface area contributed by atoms with Crippen LogP contribution >= 0.6 is 0 Å². The van der Waals surface area contributed by atoms with E-state index >= 15 is 42.3 Å². The molecule has 0 aromatic carbocycles. The molecule has 0 aromatic rings. The predicted molar refractivity (Wildman–Crippen MR) is 389 cm³/mol. The number of fused-ring (bicyclic) bond motifs is 3. The molecule has 608 valence electrons. The predicted octanol–water partition coefficient (Wildman–Crippen LogP) is 5.72. The third-order valence-corrected chi connectivity index (χ3v) is 24.2. The number of hydrogen-bond donors (Lipinski definition) is 3. The Bertz CT molecular complexity index is 3250. The second-order valence-electron chi connectivity index (χ2n) is 33.6. The number of nitrogens with zero attached hydrogens (tertiary/aromatic N) is 9. The average Bonchev–Trinajstić information content (AvgIpc) is 0.874. The number of methoxy groups -OCH3 is 1. The Morgan fingerprint density at radius 2 is 1.30 bits per heavy atom. The minimum atomic E-state index is -5.18. The largest absolute Gasteiger partial charge is 0.397 e. The highest BCUT2D eigenvalue weighted by Crippen LogP contribution is 2.50. The van der Waals surface area contributed by atoms with Crippen molar-refractivity contribution >= 4 is 70.9 Å². The summed E-state index contributed by atoms with van der Waals surface area (Å²) in [7, 11) is 11.2. The van der Waals surface area contributed by atoms with Crippen LogP contribution in [0.15, 0.2) is 12.2 Å². The first-order chi connectivity index (χ1) is 50.7. The van der Waals surface area contributed by atoms with Crippen LogP contribution in [0.2, 0.25) is 0 Å². The Morgan fingerprint density at radius 1 is 0.667 bits per heavy atom. The number of nitrogens with one attached hydrogen (secondary N) is 3. The minimum Gasteiger partial charge on any atom is -0.382 e. The van der Waals surface area contributed by atoms with E-state index in [1.165, 1.54) is 85.8 Å². The van der Waals surface area contributed by atoms with Crippen molar-refractivity contribution in [2.24, 2.45) is 35.0 Å². The summed E-state index contributed by atoms with van der Waals surface area (Å²) >= 11 is 0. The number of hydrogen-bond acceptors (Lipinski definition) is 14. The maximum atomic E-state index is 15.8. The zero-order chi connectivity index (χ0) is 79.8. The molecule has 0 aromatic heterocycles. The molecular weight excluding hydrogens is 1410 g/mol. The van der Waals surface area contributed by atoms with Crippen LogP contribution < -0.4 is 16.0 Å². The highest BCUT2D eigenvalue weighted by molar-refractivity contribution is 6.01. The number of likely N-dealkylation sites (N-methyl/N-ethyl adjacent to an activating group) is 6. The molecule has 7 fully saturated rings. The van der Waals surface area contributed by atoms with Crippen LogP contribution in [0, 0.1) is 35.0 Å². The molecule has 5 saturated carbocycles. The molecule has 2 bridgehead atoms. The summed E-state index contributed by atoms with van der Waals surface area (Å²) in [4.78, 5) is 194.